The van der Waals surface area contributed by atoms with E-state index in [1.807, 2.05) is 49.4 Å². The fourth-order valence-corrected chi connectivity index (χ4v) is 2.64. The van der Waals surface area contributed by atoms with Crippen molar-refractivity contribution in [3.05, 3.63) is 71.6 Å². The molecule has 1 aromatic heterocycles. The van der Waals surface area contributed by atoms with E-state index in [-0.39, 0.29) is 5.91 Å². The van der Waals surface area contributed by atoms with Crippen LogP contribution in [-0.2, 0) is 11.3 Å². The first-order valence-electron chi connectivity index (χ1n) is 9.19. The quantitative estimate of drug-likeness (QED) is 0.568. The van der Waals surface area contributed by atoms with Crippen molar-refractivity contribution in [2.75, 3.05) is 20.3 Å². The maximum Gasteiger partial charge on any atom is 0.251 e. The first-order chi connectivity index (χ1) is 13.7. The van der Waals surface area contributed by atoms with E-state index < -0.39 is 0 Å². The molecule has 0 aliphatic heterocycles. The highest BCUT2D eigenvalue weighted by molar-refractivity contribution is 5.94. The van der Waals surface area contributed by atoms with Crippen LogP contribution >= 0.6 is 0 Å². The minimum atomic E-state index is -0.108. The van der Waals surface area contributed by atoms with Gasteiger partial charge in [0, 0.05) is 31.4 Å². The fraction of sp³-hybridized carbons (Fsp3) is 0.273. The lowest BCUT2D eigenvalue weighted by atomic mass is 10.1. The number of para-hydroxylation sites is 1. The third-order valence-corrected chi connectivity index (χ3v) is 4.22. The lowest BCUT2D eigenvalue weighted by Crippen LogP contribution is -2.25. The summed E-state index contributed by atoms with van der Waals surface area (Å²) in [4.78, 5) is 16.7. The minimum Gasteiger partial charge on any atom is -0.487 e. The molecule has 28 heavy (non-hydrogen) atoms. The summed E-state index contributed by atoms with van der Waals surface area (Å²) in [6.07, 6.45) is 0.781. The number of rotatable bonds is 9. The van der Waals surface area contributed by atoms with E-state index in [4.69, 9.17) is 13.9 Å². The van der Waals surface area contributed by atoms with E-state index >= 15 is 0 Å². The van der Waals surface area contributed by atoms with Gasteiger partial charge in [0.05, 0.1) is 0 Å². The third kappa shape index (κ3) is 5.20. The maximum atomic E-state index is 12.1. The number of ether oxygens (including phenoxy) is 2. The van der Waals surface area contributed by atoms with Crippen LogP contribution in [0.15, 0.2) is 59.0 Å². The number of carbonyl (C=O) groups is 1. The van der Waals surface area contributed by atoms with Gasteiger partial charge in [-0.05, 0) is 49.7 Å². The molecule has 3 rings (SSSR count). The summed E-state index contributed by atoms with van der Waals surface area (Å²) < 4.78 is 16.5. The van der Waals surface area contributed by atoms with Crippen LogP contribution in [0.1, 0.15) is 28.2 Å². The predicted molar refractivity (Wildman–Crippen MR) is 106 cm³/mol. The van der Waals surface area contributed by atoms with Crippen molar-refractivity contribution < 1.29 is 18.7 Å². The molecular formula is C22H24N2O4. The summed E-state index contributed by atoms with van der Waals surface area (Å²) in [6.45, 7) is 3.40. The summed E-state index contributed by atoms with van der Waals surface area (Å²) in [5.41, 5.74) is 2.15. The Hall–Kier alpha value is -3.12. The number of oxazole rings is 1. The van der Waals surface area contributed by atoms with Crippen LogP contribution in [0.5, 0.6) is 5.75 Å². The lowest BCUT2D eigenvalue weighted by Gasteiger charge is -2.05. The highest BCUT2D eigenvalue weighted by Gasteiger charge is 2.13. The van der Waals surface area contributed by atoms with Gasteiger partial charge in [0.15, 0.2) is 0 Å². The number of methoxy groups -OCH3 is 1. The molecule has 6 heteroatoms. The monoisotopic (exact) mass is 380 g/mol. The van der Waals surface area contributed by atoms with E-state index in [1.165, 1.54) is 0 Å². The van der Waals surface area contributed by atoms with Gasteiger partial charge in [-0.1, -0.05) is 18.2 Å². The Balaban J connectivity index is 1.61. The molecule has 1 heterocycles. The Morgan fingerprint density at radius 2 is 1.86 bits per heavy atom. The molecule has 0 bridgehead atoms. The zero-order valence-corrected chi connectivity index (χ0v) is 16.1. The molecule has 0 saturated carbocycles. The molecule has 146 valence electrons. The van der Waals surface area contributed by atoms with Gasteiger partial charge in [-0.15, -0.1) is 0 Å². The van der Waals surface area contributed by atoms with Gasteiger partial charge in [0.1, 0.15) is 23.8 Å². The number of benzene rings is 2. The second-order valence-electron chi connectivity index (χ2n) is 6.30. The standard InChI is InChI=1S/C22H24N2O4/c1-16-20(15-27-19-7-4-3-5-8-19)24-22(28-16)18-11-9-17(10-12-18)21(25)23-13-6-14-26-2/h3-5,7-12H,6,13-15H2,1-2H3,(H,23,25). The van der Waals surface area contributed by atoms with E-state index in [0.29, 0.717) is 37.0 Å². The number of hydrogen-bond donors (Lipinski definition) is 1. The molecule has 0 saturated heterocycles. The summed E-state index contributed by atoms with van der Waals surface area (Å²) >= 11 is 0. The van der Waals surface area contributed by atoms with Crippen LogP contribution in [-0.4, -0.2) is 31.2 Å². The van der Waals surface area contributed by atoms with Crippen molar-refractivity contribution in [2.24, 2.45) is 0 Å². The SMILES string of the molecule is COCCCNC(=O)c1ccc(-c2nc(COc3ccccc3)c(C)o2)cc1. The van der Waals surface area contributed by atoms with Crippen LogP contribution in [0.4, 0.5) is 0 Å². The Labute approximate surface area is 164 Å². The smallest absolute Gasteiger partial charge is 0.251 e. The number of nitrogens with zero attached hydrogens (tertiary/aromatic N) is 1. The Bertz CT molecular complexity index is 889. The second-order valence-corrected chi connectivity index (χ2v) is 6.30. The molecule has 2 aromatic carbocycles. The van der Waals surface area contributed by atoms with E-state index in [9.17, 15) is 4.79 Å². The Morgan fingerprint density at radius 1 is 1.11 bits per heavy atom. The van der Waals surface area contributed by atoms with Gasteiger partial charge in [0.25, 0.3) is 5.91 Å². The van der Waals surface area contributed by atoms with Crippen LogP contribution in [0.2, 0.25) is 0 Å². The van der Waals surface area contributed by atoms with Crippen molar-refractivity contribution >= 4 is 5.91 Å². The predicted octanol–water partition coefficient (Wildman–Crippen LogP) is 4.00. The zero-order valence-electron chi connectivity index (χ0n) is 16.1. The number of nitrogens with one attached hydrogen (secondary N) is 1. The second kappa shape index (κ2) is 9.71. The number of aromatic nitrogens is 1. The number of hydrogen-bond acceptors (Lipinski definition) is 5. The molecule has 1 amide bonds. The molecule has 1 N–H and O–H groups in total. The lowest BCUT2D eigenvalue weighted by molar-refractivity contribution is 0.0948. The van der Waals surface area contributed by atoms with E-state index in [0.717, 1.165) is 23.4 Å². The summed E-state index contributed by atoms with van der Waals surface area (Å²) in [6, 6.07) is 16.8. The van der Waals surface area contributed by atoms with Crippen LogP contribution in [0, 0.1) is 6.92 Å². The van der Waals surface area contributed by atoms with Crippen LogP contribution in [0.3, 0.4) is 0 Å². The van der Waals surface area contributed by atoms with Crippen LogP contribution in [0.25, 0.3) is 11.5 Å². The zero-order chi connectivity index (χ0) is 19.8. The third-order valence-electron chi connectivity index (χ3n) is 4.22. The van der Waals surface area contributed by atoms with Gasteiger partial charge in [-0.3, -0.25) is 4.79 Å². The number of aryl methyl sites for hydroxylation is 1. The Kier molecular flexibility index (Phi) is 6.81. The molecule has 0 spiro atoms. The average molecular weight is 380 g/mol. The molecular weight excluding hydrogens is 356 g/mol. The highest BCUT2D eigenvalue weighted by Crippen LogP contribution is 2.23. The minimum absolute atomic E-state index is 0.108. The normalized spacial score (nSPS) is 10.6. The number of amides is 1. The highest BCUT2D eigenvalue weighted by atomic mass is 16.5. The molecule has 6 nitrogen and oxygen atoms in total. The molecule has 3 aromatic rings. The summed E-state index contributed by atoms with van der Waals surface area (Å²) in [5.74, 6) is 1.90. The average Bonchev–Trinajstić information content (AvgIpc) is 3.11. The molecule has 0 aliphatic carbocycles. The topological polar surface area (TPSA) is 73.6 Å². The van der Waals surface area contributed by atoms with Crippen molar-refractivity contribution in [3.63, 3.8) is 0 Å². The first-order valence-corrected chi connectivity index (χ1v) is 9.19. The van der Waals surface area contributed by atoms with Crippen LogP contribution < -0.4 is 10.1 Å². The van der Waals surface area contributed by atoms with Gasteiger partial charge in [-0.2, -0.15) is 0 Å². The fourth-order valence-electron chi connectivity index (χ4n) is 2.64. The molecule has 0 aliphatic rings. The van der Waals surface area contributed by atoms with Crippen molar-refractivity contribution in [1.29, 1.82) is 0 Å². The van der Waals surface area contributed by atoms with Gasteiger partial charge < -0.3 is 19.2 Å². The first kappa shape index (κ1) is 19.6. The maximum absolute atomic E-state index is 12.1. The molecule has 0 atom stereocenters. The van der Waals surface area contributed by atoms with Gasteiger partial charge in [-0.25, -0.2) is 4.98 Å². The van der Waals surface area contributed by atoms with Crippen molar-refractivity contribution in [2.45, 2.75) is 20.0 Å². The Morgan fingerprint density at radius 3 is 2.57 bits per heavy atom. The van der Waals surface area contributed by atoms with Crippen molar-refractivity contribution in [1.82, 2.24) is 10.3 Å². The summed E-state index contributed by atoms with van der Waals surface area (Å²) in [7, 11) is 1.64. The van der Waals surface area contributed by atoms with Gasteiger partial charge >= 0.3 is 0 Å². The molecule has 0 unspecified atom stereocenters. The van der Waals surface area contributed by atoms with Gasteiger partial charge in [0.2, 0.25) is 5.89 Å². The van der Waals surface area contributed by atoms with E-state index in [2.05, 4.69) is 10.3 Å². The molecule has 0 radical (unpaired) electrons. The largest absolute Gasteiger partial charge is 0.487 e. The molecule has 0 fully saturated rings. The van der Waals surface area contributed by atoms with E-state index in [1.54, 1.807) is 19.2 Å². The number of carbonyl (C=O) groups excluding carboxylic acids is 1. The summed E-state index contributed by atoms with van der Waals surface area (Å²) in [5, 5.41) is 2.86. The van der Waals surface area contributed by atoms with Crippen molar-refractivity contribution in [3.8, 4) is 17.2 Å².